The molecule has 0 N–H and O–H groups in total. The zero-order chi connectivity index (χ0) is 17.2. The Morgan fingerprint density at radius 1 is 1.17 bits per heavy atom. The number of sulfonamides is 1. The molecule has 1 aliphatic heterocycles. The van der Waals surface area contributed by atoms with Crippen LogP contribution < -0.4 is 0 Å². The van der Waals surface area contributed by atoms with Crippen molar-refractivity contribution in [2.24, 2.45) is 0 Å². The predicted octanol–water partition coefficient (Wildman–Crippen LogP) is 2.89. The predicted molar refractivity (Wildman–Crippen MR) is 97.2 cm³/mol. The van der Waals surface area contributed by atoms with Gasteiger partial charge in [-0.1, -0.05) is 12.1 Å². The average molecular weight is 426 g/mol. The molecule has 0 saturated carbocycles. The molecule has 2 aromatic rings. The Morgan fingerprint density at radius 2 is 1.92 bits per heavy atom. The second-order valence-electron chi connectivity index (χ2n) is 5.55. The van der Waals surface area contributed by atoms with Crippen molar-refractivity contribution in [3.63, 3.8) is 0 Å². The van der Waals surface area contributed by atoms with Crippen LogP contribution in [0.15, 0.2) is 44.4 Å². The van der Waals surface area contributed by atoms with Crippen LogP contribution in [0.5, 0.6) is 0 Å². The van der Waals surface area contributed by atoms with Gasteiger partial charge >= 0.3 is 0 Å². The van der Waals surface area contributed by atoms with E-state index in [1.165, 1.54) is 11.3 Å². The van der Waals surface area contributed by atoms with Gasteiger partial charge in [-0.2, -0.15) is 9.57 Å². The van der Waals surface area contributed by atoms with Gasteiger partial charge in [0, 0.05) is 32.7 Å². The number of thiophene rings is 1. The van der Waals surface area contributed by atoms with Crippen molar-refractivity contribution >= 4 is 37.3 Å². The van der Waals surface area contributed by atoms with E-state index in [1.807, 2.05) is 18.2 Å². The van der Waals surface area contributed by atoms with Gasteiger partial charge in [0.1, 0.15) is 4.21 Å². The van der Waals surface area contributed by atoms with Crippen LogP contribution in [0, 0.1) is 11.3 Å². The van der Waals surface area contributed by atoms with Crippen LogP contribution in [0.3, 0.4) is 0 Å². The van der Waals surface area contributed by atoms with Crippen LogP contribution in [-0.4, -0.2) is 43.8 Å². The Labute approximate surface area is 154 Å². The Bertz CT molecular complexity index is 865. The van der Waals surface area contributed by atoms with E-state index >= 15 is 0 Å². The Kier molecular flexibility index (Phi) is 5.37. The topological polar surface area (TPSA) is 64.4 Å². The number of hydrogen-bond donors (Lipinski definition) is 0. The summed E-state index contributed by atoms with van der Waals surface area (Å²) in [5, 5.41) is 8.96. The maximum absolute atomic E-state index is 12.6. The number of piperazine rings is 1. The molecule has 2 heterocycles. The van der Waals surface area contributed by atoms with Crippen LogP contribution in [0.4, 0.5) is 0 Å². The van der Waals surface area contributed by atoms with Gasteiger partial charge in [-0.25, -0.2) is 8.42 Å². The van der Waals surface area contributed by atoms with E-state index < -0.39 is 10.0 Å². The third kappa shape index (κ3) is 3.87. The molecule has 1 aromatic heterocycles. The van der Waals surface area contributed by atoms with E-state index in [2.05, 4.69) is 26.9 Å². The highest BCUT2D eigenvalue weighted by atomic mass is 79.9. The summed E-state index contributed by atoms with van der Waals surface area (Å²) >= 11 is 4.55. The van der Waals surface area contributed by atoms with Crippen molar-refractivity contribution in [1.29, 1.82) is 5.26 Å². The van der Waals surface area contributed by atoms with Gasteiger partial charge in [0.2, 0.25) is 0 Å². The Balaban J connectivity index is 1.62. The van der Waals surface area contributed by atoms with Gasteiger partial charge < -0.3 is 0 Å². The van der Waals surface area contributed by atoms with E-state index in [1.54, 1.807) is 22.5 Å². The molecule has 0 aliphatic carbocycles. The van der Waals surface area contributed by atoms with Crippen molar-refractivity contribution in [2.45, 2.75) is 10.8 Å². The van der Waals surface area contributed by atoms with Gasteiger partial charge in [-0.3, -0.25) is 4.90 Å². The van der Waals surface area contributed by atoms with Gasteiger partial charge in [0.15, 0.2) is 0 Å². The van der Waals surface area contributed by atoms with Gasteiger partial charge in [0.25, 0.3) is 10.0 Å². The van der Waals surface area contributed by atoms with Crippen molar-refractivity contribution in [3.8, 4) is 6.07 Å². The first kappa shape index (κ1) is 17.6. The molecule has 0 unspecified atom stereocenters. The Hall–Kier alpha value is -1.24. The third-order valence-corrected chi connectivity index (χ3v) is 7.93. The molecule has 0 amide bonds. The van der Waals surface area contributed by atoms with E-state index in [-0.39, 0.29) is 0 Å². The molecule has 0 bridgehead atoms. The minimum atomic E-state index is -3.40. The fourth-order valence-corrected chi connectivity index (χ4v) is 6.28. The number of hydrogen-bond acceptors (Lipinski definition) is 5. The maximum Gasteiger partial charge on any atom is 0.252 e. The summed E-state index contributed by atoms with van der Waals surface area (Å²) in [7, 11) is -3.40. The molecule has 24 heavy (non-hydrogen) atoms. The fourth-order valence-electron chi connectivity index (χ4n) is 2.69. The Morgan fingerprint density at radius 3 is 2.54 bits per heavy atom. The second-order valence-corrected chi connectivity index (χ2v) is 10.2. The lowest BCUT2D eigenvalue weighted by atomic mass is 10.1. The van der Waals surface area contributed by atoms with Crippen molar-refractivity contribution in [1.82, 2.24) is 9.21 Å². The molecule has 126 valence electrons. The number of nitrogens with zero attached hydrogens (tertiary/aromatic N) is 3. The van der Waals surface area contributed by atoms with Crippen molar-refractivity contribution in [2.75, 3.05) is 26.2 Å². The van der Waals surface area contributed by atoms with Crippen LogP contribution in [0.1, 0.15) is 11.1 Å². The van der Waals surface area contributed by atoms with Gasteiger partial charge in [-0.05, 0) is 45.8 Å². The SMILES string of the molecule is N#Cc1cccc(CN2CCN(S(=O)(=O)c3ccc(Br)s3)CC2)c1. The molecule has 1 aromatic carbocycles. The lowest BCUT2D eigenvalue weighted by Crippen LogP contribution is -2.48. The molecular formula is C16H16BrN3O2S2. The van der Waals surface area contributed by atoms with Crippen molar-refractivity contribution < 1.29 is 8.42 Å². The van der Waals surface area contributed by atoms with Crippen LogP contribution in [0.2, 0.25) is 0 Å². The summed E-state index contributed by atoms with van der Waals surface area (Å²) in [6, 6.07) is 13.1. The van der Waals surface area contributed by atoms with Crippen LogP contribution in [-0.2, 0) is 16.6 Å². The van der Waals surface area contributed by atoms with Gasteiger partial charge in [-0.15, -0.1) is 11.3 Å². The fraction of sp³-hybridized carbons (Fsp3) is 0.312. The first-order chi connectivity index (χ1) is 11.5. The summed E-state index contributed by atoms with van der Waals surface area (Å²) in [6.45, 7) is 3.06. The molecular weight excluding hydrogens is 410 g/mol. The largest absolute Gasteiger partial charge is 0.296 e. The number of halogens is 1. The number of rotatable bonds is 4. The molecule has 0 spiro atoms. The molecule has 3 rings (SSSR count). The second kappa shape index (κ2) is 7.33. The minimum Gasteiger partial charge on any atom is -0.296 e. The molecule has 1 saturated heterocycles. The molecule has 0 radical (unpaired) electrons. The molecule has 1 fully saturated rings. The van der Waals surface area contributed by atoms with Gasteiger partial charge in [0.05, 0.1) is 15.4 Å². The first-order valence-corrected chi connectivity index (χ1v) is 10.5. The summed E-state index contributed by atoms with van der Waals surface area (Å²) in [6.07, 6.45) is 0. The molecule has 0 atom stereocenters. The number of nitriles is 1. The zero-order valence-electron chi connectivity index (χ0n) is 12.9. The maximum atomic E-state index is 12.6. The molecule has 5 nitrogen and oxygen atoms in total. The quantitative estimate of drug-likeness (QED) is 0.754. The smallest absolute Gasteiger partial charge is 0.252 e. The zero-order valence-corrected chi connectivity index (χ0v) is 16.1. The van der Waals surface area contributed by atoms with Crippen molar-refractivity contribution in [3.05, 3.63) is 51.3 Å². The lowest BCUT2D eigenvalue weighted by molar-refractivity contribution is 0.182. The summed E-state index contributed by atoms with van der Waals surface area (Å²) in [4.78, 5) is 2.22. The van der Waals surface area contributed by atoms with Crippen LogP contribution in [0.25, 0.3) is 0 Å². The van der Waals surface area contributed by atoms with Crippen LogP contribution >= 0.6 is 27.3 Å². The lowest BCUT2D eigenvalue weighted by Gasteiger charge is -2.33. The highest BCUT2D eigenvalue weighted by molar-refractivity contribution is 9.11. The van der Waals surface area contributed by atoms with E-state index in [0.717, 1.165) is 15.9 Å². The summed E-state index contributed by atoms with van der Waals surface area (Å²) in [5.74, 6) is 0. The normalized spacial score (nSPS) is 16.8. The standard InChI is InChI=1S/C16H16BrN3O2S2/c17-15-4-5-16(23-15)24(21,22)20-8-6-19(7-9-20)12-14-3-1-2-13(10-14)11-18/h1-5,10H,6-9,12H2. The van der Waals surface area contributed by atoms with E-state index in [9.17, 15) is 8.42 Å². The average Bonchev–Trinajstić information content (AvgIpc) is 3.03. The first-order valence-electron chi connectivity index (χ1n) is 7.46. The third-order valence-electron chi connectivity index (χ3n) is 3.94. The molecule has 8 heteroatoms. The van der Waals surface area contributed by atoms with E-state index in [4.69, 9.17) is 5.26 Å². The highest BCUT2D eigenvalue weighted by Crippen LogP contribution is 2.29. The monoisotopic (exact) mass is 425 g/mol. The summed E-state index contributed by atoms with van der Waals surface area (Å²) < 4.78 is 28.0. The number of benzene rings is 1. The highest BCUT2D eigenvalue weighted by Gasteiger charge is 2.29. The van der Waals surface area contributed by atoms with E-state index in [0.29, 0.717) is 36.0 Å². The molecule has 1 aliphatic rings. The minimum absolute atomic E-state index is 0.379. The summed E-state index contributed by atoms with van der Waals surface area (Å²) in [5.41, 5.74) is 1.73.